The third-order valence-corrected chi connectivity index (χ3v) is 9.37. The van der Waals surface area contributed by atoms with Gasteiger partial charge in [-0.3, -0.25) is 38.6 Å². The number of aliphatic carboxylic acids is 3. The quantitative estimate of drug-likeness (QED) is 0.0845. The molecule has 3 N–H and O–H groups in total. The number of carboxylic acid groups (broad SMARTS) is 3. The zero-order chi connectivity index (χ0) is 35.0. The van der Waals surface area contributed by atoms with E-state index in [-0.39, 0.29) is 40.5 Å². The Morgan fingerprint density at radius 3 is 1.16 bits per heavy atom. The molecule has 0 aliphatic carbocycles. The summed E-state index contributed by atoms with van der Waals surface area (Å²) in [4.78, 5) is 104. The predicted molar refractivity (Wildman–Crippen MR) is 170 cm³/mol. The highest BCUT2D eigenvalue weighted by Crippen LogP contribution is 2.46. The molecule has 0 bridgehead atoms. The Hall–Kier alpha value is -6.44. The maximum Gasteiger partial charge on any atom is 0.326 e. The molecule has 5 aromatic rings. The predicted octanol–water partition coefficient (Wildman–Crippen LogP) is 3.65. The number of hydrogen-bond donors (Lipinski definition) is 3. The average molecular weight is 665 g/mol. The monoisotopic (exact) mass is 664 g/mol. The number of nitrogens with zero attached hydrogens (tertiary/aromatic N) is 2. The molecule has 246 valence electrons. The number of carbonyl (C=O) groups excluding carboxylic acids is 5. The summed E-state index contributed by atoms with van der Waals surface area (Å²) in [7, 11) is 1.14. The third kappa shape index (κ3) is 4.40. The van der Waals surface area contributed by atoms with Crippen LogP contribution < -0.4 is 0 Å². The van der Waals surface area contributed by atoms with E-state index >= 15 is 0 Å². The van der Waals surface area contributed by atoms with Gasteiger partial charge < -0.3 is 20.1 Å². The molecule has 0 spiro atoms. The van der Waals surface area contributed by atoms with Crippen LogP contribution in [0.4, 0.5) is 0 Å². The second-order valence-electron chi connectivity index (χ2n) is 11.9. The summed E-state index contributed by atoms with van der Waals surface area (Å²) in [5, 5.41) is 32.9. The van der Waals surface area contributed by atoms with Crippen LogP contribution in [0.5, 0.6) is 0 Å². The van der Waals surface area contributed by atoms with E-state index in [0.717, 1.165) is 7.11 Å². The molecule has 0 saturated heterocycles. The van der Waals surface area contributed by atoms with Gasteiger partial charge in [0.1, 0.15) is 12.1 Å². The fraction of sp³-hybridized carbons (Fsp3) is 0.200. The van der Waals surface area contributed by atoms with Gasteiger partial charge in [-0.1, -0.05) is 24.3 Å². The van der Waals surface area contributed by atoms with Crippen molar-refractivity contribution in [2.45, 2.75) is 37.8 Å². The van der Waals surface area contributed by atoms with Gasteiger partial charge in [-0.25, -0.2) is 9.59 Å². The largest absolute Gasteiger partial charge is 0.481 e. The van der Waals surface area contributed by atoms with Gasteiger partial charge in [-0.15, -0.1) is 0 Å². The van der Waals surface area contributed by atoms with Crippen molar-refractivity contribution in [2.24, 2.45) is 0 Å². The Bertz CT molecular complexity index is 2280. The summed E-state index contributed by atoms with van der Waals surface area (Å²) >= 11 is 0. The number of rotatable bonds is 10. The first-order chi connectivity index (χ1) is 23.4. The highest BCUT2D eigenvalue weighted by Gasteiger charge is 2.43. The van der Waals surface area contributed by atoms with Gasteiger partial charge in [0.25, 0.3) is 23.6 Å². The molecule has 7 rings (SSSR count). The van der Waals surface area contributed by atoms with Crippen molar-refractivity contribution in [1.29, 1.82) is 0 Å². The van der Waals surface area contributed by atoms with E-state index < -0.39 is 72.4 Å². The van der Waals surface area contributed by atoms with Crippen LogP contribution in [0.2, 0.25) is 0 Å². The van der Waals surface area contributed by atoms with Crippen molar-refractivity contribution in [2.75, 3.05) is 7.11 Å². The van der Waals surface area contributed by atoms with Crippen molar-refractivity contribution in [3.8, 4) is 0 Å². The van der Waals surface area contributed by atoms with E-state index in [4.69, 9.17) is 5.11 Å². The first kappa shape index (κ1) is 31.2. The fourth-order valence-electron chi connectivity index (χ4n) is 7.21. The van der Waals surface area contributed by atoms with Gasteiger partial charge in [0.05, 0.1) is 7.11 Å². The summed E-state index contributed by atoms with van der Waals surface area (Å²) in [6.45, 7) is 0. The van der Waals surface area contributed by atoms with E-state index in [2.05, 4.69) is 4.74 Å². The molecular formula is C35H24N2O12. The number of carbonyl (C=O) groups is 8. The van der Waals surface area contributed by atoms with Gasteiger partial charge >= 0.3 is 23.9 Å². The fourth-order valence-corrected chi connectivity index (χ4v) is 7.21. The highest BCUT2D eigenvalue weighted by molar-refractivity contribution is 6.41. The Kier molecular flexibility index (Phi) is 7.05. The van der Waals surface area contributed by atoms with Gasteiger partial charge in [0.2, 0.25) is 0 Å². The number of benzene rings is 5. The van der Waals surface area contributed by atoms with Crippen LogP contribution in [0.1, 0.15) is 67.1 Å². The topological polar surface area (TPSA) is 213 Å². The molecule has 2 atom stereocenters. The van der Waals surface area contributed by atoms with Gasteiger partial charge in [0.15, 0.2) is 0 Å². The van der Waals surface area contributed by atoms with Crippen LogP contribution in [0.3, 0.4) is 0 Å². The number of carboxylic acids is 3. The van der Waals surface area contributed by atoms with Crippen LogP contribution in [0.25, 0.3) is 43.1 Å². The van der Waals surface area contributed by atoms with E-state index in [1.165, 1.54) is 24.3 Å². The van der Waals surface area contributed by atoms with Crippen LogP contribution in [-0.2, 0) is 23.9 Å². The molecule has 2 heterocycles. The summed E-state index contributed by atoms with van der Waals surface area (Å²) in [6.07, 6.45) is -1.75. The number of fused-ring (bicyclic) bond motifs is 2. The van der Waals surface area contributed by atoms with Gasteiger partial charge in [-0.05, 0) is 69.4 Å². The number of amides is 4. The van der Waals surface area contributed by atoms with Crippen LogP contribution in [0.15, 0.2) is 48.5 Å². The van der Waals surface area contributed by atoms with Gasteiger partial charge in [0, 0.05) is 45.9 Å². The van der Waals surface area contributed by atoms with Gasteiger partial charge in [-0.2, -0.15) is 0 Å². The third-order valence-electron chi connectivity index (χ3n) is 9.37. The maximum absolute atomic E-state index is 13.8. The molecule has 5 aromatic carbocycles. The lowest BCUT2D eigenvalue weighted by Crippen LogP contribution is -2.50. The van der Waals surface area contributed by atoms with Crippen LogP contribution in [-0.4, -0.2) is 91.8 Å². The zero-order valence-corrected chi connectivity index (χ0v) is 25.5. The number of methoxy groups -OCH3 is 1. The minimum atomic E-state index is -1.71. The van der Waals surface area contributed by atoms with Crippen molar-refractivity contribution in [1.82, 2.24) is 9.80 Å². The lowest BCUT2D eigenvalue weighted by atomic mass is 9.82. The molecular weight excluding hydrogens is 640 g/mol. The molecule has 0 unspecified atom stereocenters. The van der Waals surface area contributed by atoms with E-state index in [0.29, 0.717) is 47.5 Å². The Morgan fingerprint density at radius 1 is 0.551 bits per heavy atom. The first-order valence-electron chi connectivity index (χ1n) is 15.1. The number of imide groups is 2. The Balaban J connectivity index is 1.42. The number of esters is 1. The molecule has 14 heteroatoms. The number of hydrogen-bond acceptors (Lipinski definition) is 9. The maximum atomic E-state index is 13.8. The second kappa shape index (κ2) is 11.1. The summed E-state index contributed by atoms with van der Waals surface area (Å²) in [5.74, 6) is -8.42. The molecule has 49 heavy (non-hydrogen) atoms. The number of ether oxygens (including phenoxy) is 1. The van der Waals surface area contributed by atoms with Crippen molar-refractivity contribution >= 4 is 90.6 Å². The zero-order valence-electron chi connectivity index (χ0n) is 25.5. The van der Waals surface area contributed by atoms with Crippen LogP contribution in [0, 0.1) is 0 Å². The summed E-state index contributed by atoms with van der Waals surface area (Å²) < 4.78 is 4.60. The Labute approximate surface area is 274 Å². The molecule has 0 fully saturated rings. The van der Waals surface area contributed by atoms with E-state index in [9.17, 15) is 48.6 Å². The lowest BCUT2D eigenvalue weighted by molar-refractivity contribution is -0.145. The second-order valence-corrected chi connectivity index (χ2v) is 11.9. The smallest absolute Gasteiger partial charge is 0.326 e. The average Bonchev–Trinajstić information content (AvgIpc) is 3.07. The van der Waals surface area contributed by atoms with Crippen molar-refractivity contribution in [3.63, 3.8) is 0 Å². The standard InChI is InChI=1S/C35H24N2O12/c1-49-25(40)13-11-23(35(47)48)37-32(43)20-8-4-16-14-2-6-18-28-19(31(42)36(30(18)41)22(34(45)46)10-12-24(38)39)7-3-15(26(14)28)17-5-9-21(33(37)44)29(20)27(16)17/h2-9,22-23H,10-13H2,1H3,(H,38,39)(H,45,46)(H,47,48)/t22-,23+/m0/s1. The molecule has 0 radical (unpaired) electrons. The SMILES string of the molecule is COC(=O)CC[C@H](C(=O)O)N1C(=O)c2ccc3c4ccc5c6c(ccc(c7ccc(c2c37)C1=O)c64)C(=O)N([C@@H](CCC(=O)O)C(=O)O)C5=O. The minimum absolute atomic E-state index is 0.0542. The van der Waals surface area contributed by atoms with Crippen LogP contribution >= 0.6 is 0 Å². The van der Waals surface area contributed by atoms with E-state index in [1.54, 1.807) is 24.3 Å². The lowest BCUT2D eigenvalue weighted by Gasteiger charge is -2.33. The van der Waals surface area contributed by atoms with Crippen molar-refractivity contribution in [3.05, 3.63) is 70.8 Å². The summed E-state index contributed by atoms with van der Waals surface area (Å²) in [5.41, 5.74) is 0.267. The van der Waals surface area contributed by atoms with Crippen molar-refractivity contribution < 1.29 is 58.4 Å². The molecule has 2 aliphatic heterocycles. The molecule has 2 aliphatic rings. The Morgan fingerprint density at radius 2 is 0.878 bits per heavy atom. The highest BCUT2D eigenvalue weighted by atomic mass is 16.5. The van der Waals surface area contributed by atoms with E-state index in [1.807, 2.05) is 0 Å². The normalized spacial score (nSPS) is 15.4. The summed E-state index contributed by atoms with van der Waals surface area (Å²) in [6, 6.07) is 9.06. The minimum Gasteiger partial charge on any atom is -0.481 e. The molecule has 0 saturated carbocycles. The molecule has 4 amide bonds. The first-order valence-corrected chi connectivity index (χ1v) is 15.1. The molecule has 14 nitrogen and oxygen atoms in total. The molecule has 0 aromatic heterocycles.